The molecular formula is C9H13N3O2. The van der Waals surface area contributed by atoms with Gasteiger partial charge in [0.05, 0.1) is 7.11 Å². The molecule has 5 nitrogen and oxygen atoms in total. The second-order valence-corrected chi connectivity index (χ2v) is 2.93. The third-order valence-electron chi connectivity index (χ3n) is 1.72. The van der Waals surface area contributed by atoms with Gasteiger partial charge in [0, 0.05) is 18.9 Å². The molecule has 76 valence electrons. The van der Waals surface area contributed by atoms with Crippen LogP contribution in [-0.4, -0.2) is 36.6 Å². The molecule has 0 aromatic carbocycles. The first-order valence-electron chi connectivity index (χ1n) is 4.21. The van der Waals surface area contributed by atoms with Crippen LogP contribution in [0.5, 0.6) is 0 Å². The molecule has 1 heterocycles. The average molecular weight is 195 g/mol. The van der Waals surface area contributed by atoms with Crippen molar-refractivity contribution in [2.45, 2.75) is 6.92 Å². The Hall–Kier alpha value is -1.65. The van der Waals surface area contributed by atoms with E-state index in [1.807, 2.05) is 6.92 Å². The fourth-order valence-electron chi connectivity index (χ4n) is 0.948. The van der Waals surface area contributed by atoms with E-state index in [9.17, 15) is 4.79 Å². The van der Waals surface area contributed by atoms with E-state index in [1.54, 1.807) is 24.2 Å². The quantitative estimate of drug-likeness (QED) is 0.653. The van der Waals surface area contributed by atoms with E-state index < -0.39 is 0 Å². The number of esters is 1. The Bertz CT molecular complexity index is 328. The smallest absolute Gasteiger partial charge is 0.325 e. The minimum Gasteiger partial charge on any atom is -0.468 e. The molecule has 0 radical (unpaired) electrons. The van der Waals surface area contributed by atoms with Crippen LogP contribution >= 0.6 is 0 Å². The van der Waals surface area contributed by atoms with E-state index in [4.69, 9.17) is 0 Å². The monoisotopic (exact) mass is 195 g/mol. The maximum absolute atomic E-state index is 11.0. The van der Waals surface area contributed by atoms with Gasteiger partial charge in [-0.1, -0.05) is 0 Å². The lowest BCUT2D eigenvalue weighted by molar-refractivity contribution is -0.138. The first-order valence-corrected chi connectivity index (χ1v) is 4.21. The Kier molecular flexibility index (Phi) is 3.39. The predicted octanol–water partition coefficient (Wildman–Crippen LogP) is 0.394. The van der Waals surface area contributed by atoms with Gasteiger partial charge in [0.2, 0.25) is 5.95 Å². The summed E-state index contributed by atoms with van der Waals surface area (Å²) in [6.45, 7) is 2.02. The fraction of sp³-hybridized carbons (Fsp3) is 0.444. The number of aromatic nitrogens is 2. The number of rotatable bonds is 3. The topological polar surface area (TPSA) is 55.3 Å². The Labute approximate surface area is 82.7 Å². The van der Waals surface area contributed by atoms with Crippen LogP contribution in [0.1, 0.15) is 5.69 Å². The van der Waals surface area contributed by atoms with Crippen LogP contribution in [0.15, 0.2) is 12.3 Å². The summed E-state index contributed by atoms with van der Waals surface area (Å²) in [4.78, 5) is 20.8. The van der Waals surface area contributed by atoms with Gasteiger partial charge in [-0.3, -0.25) is 4.79 Å². The number of likely N-dealkylation sites (N-methyl/N-ethyl adjacent to an activating group) is 1. The van der Waals surface area contributed by atoms with Gasteiger partial charge in [0.25, 0.3) is 0 Å². The van der Waals surface area contributed by atoms with E-state index in [-0.39, 0.29) is 12.5 Å². The van der Waals surface area contributed by atoms with Crippen molar-refractivity contribution in [1.82, 2.24) is 9.97 Å². The van der Waals surface area contributed by atoms with Crippen molar-refractivity contribution in [2.24, 2.45) is 0 Å². The zero-order valence-corrected chi connectivity index (χ0v) is 8.52. The summed E-state index contributed by atoms with van der Waals surface area (Å²) in [5.41, 5.74) is 0.867. The van der Waals surface area contributed by atoms with Gasteiger partial charge in [-0.2, -0.15) is 0 Å². The molecular weight excluding hydrogens is 182 g/mol. The van der Waals surface area contributed by atoms with E-state index in [1.165, 1.54) is 7.11 Å². The second-order valence-electron chi connectivity index (χ2n) is 2.93. The maximum atomic E-state index is 11.0. The second kappa shape index (κ2) is 4.55. The number of methoxy groups -OCH3 is 1. The van der Waals surface area contributed by atoms with Crippen LogP contribution in [-0.2, 0) is 9.53 Å². The first kappa shape index (κ1) is 10.4. The molecule has 0 aliphatic rings. The summed E-state index contributed by atoms with van der Waals surface area (Å²) in [7, 11) is 3.10. The van der Waals surface area contributed by atoms with Crippen molar-refractivity contribution in [2.75, 3.05) is 25.6 Å². The third-order valence-corrected chi connectivity index (χ3v) is 1.72. The SMILES string of the molecule is COC(=O)CN(C)c1nccc(C)n1. The van der Waals surface area contributed by atoms with Crippen molar-refractivity contribution >= 4 is 11.9 Å². The minimum atomic E-state index is -0.308. The van der Waals surface area contributed by atoms with Crippen molar-refractivity contribution < 1.29 is 9.53 Å². The van der Waals surface area contributed by atoms with Crippen LogP contribution in [0.4, 0.5) is 5.95 Å². The molecule has 1 rings (SSSR count). The number of hydrogen-bond donors (Lipinski definition) is 0. The Morgan fingerprint density at radius 1 is 1.64 bits per heavy atom. The number of ether oxygens (including phenoxy) is 1. The lowest BCUT2D eigenvalue weighted by Crippen LogP contribution is -2.28. The molecule has 0 N–H and O–H groups in total. The van der Waals surface area contributed by atoms with Crippen molar-refractivity contribution in [3.63, 3.8) is 0 Å². The van der Waals surface area contributed by atoms with E-state index >= 15 is 0 Å². The molecule has 0 saturated carbocycles. The highest BCUT2D eigenvalue weighted by Crippen LogP contribution is 2.04. The van der Waals surface area contributed by atoms with Crippen molar-refractivity contribution in [3.05, 3.63) is 18.0 Å². The summed E-state index contributed by atoms with van der Waals surface area (Å²) in [5, 5.41) is 0. The molecule has 0 spiro atoms. The van der Waals surface area contributed by atoms with Gasteiger partial charge >= 0.3 is 5.97 Å². The summed E-state index contributed by atoms with van der Waals surface area (Å²) >= 11 is 0. The molecule has 1 aromatic rings. The number of carbonyl (C=O) groups excluding carboxylic acids is 1. The molecule has 0 amide bonds. The van der Waals surface area contributed by atoms with Crippen LogP contribution in [0.3, 0.4) is 0 Å². The largest absolute Gasteiger partial charge is 0.468 e. The lowest BCUT2D eigenvalue weighted by atomic mass is 10.4. The number of hydrogen-bond acceptors (Lipinski definition) is 5. The predicted molar refractivity (Wildman–Crippen MR) is 52.1 cm³/mol. The van der Waals surface area contributed by atoms with Crippen LogP contribution in [0.25, 0.3) is 0 Å². The number of carbonyl (C=O) groups is 1. The first-order chi connectivity index (χ1) is 6.63. The van der Waals surface area contributed by atoms with Gasteiger partial charge < -0.3 is 9.64 Å². The number of anilines is 1. The van der Waals surface area contributed by atoms with Crippen LogP contribution < -0.4 is 4.90 Å². The number of aryl methyl sites for hydroxylation is 1. The molecule has 0 aliphatic carbocycles. The van der Waals surface area contributed by atoms with E-state index in [0.29, 0.717) is 5.95 Å². The maximum Gasteiger partial charge on any atom is 0.325 e. The van der Waals surface area contributed by atoms with Gasteiger partial charge in [-0.25, -0.2) is 9.97 Å². The van der Waals surface area contributed by atoms with Crippen LogP contribution in [0.2, 0.25) is 0 Å². The Balaban J connectivity index is 2.69. The van der Waals surface area contributed by atoms with Gasteiger partial charge in [-0.05, 0) is 13.0 Å². The van der Waals surface area contributed by atoms with E-state index in [0.717, 1.165) is 5.69 Å². The molecule has 0 fully saturated rings. The van der Waals surface area contributed by atoms with Crippen LogP contribution in [0, 0.1) is 6.92 Å². The molecule has 0 saturated heterocycles. The highest BCUT2D eigenvalue weighted by molar-refractivity contribution is 5.74. The average Bonchev–Trinajstić information content (AvgIpc) is 2.17. The standard InChI is InChI=1S/C9H13N3O2/c1-7-4-5-10-9(11-7)12(2)6-8(13)14-3/h4-5H,6H2,1-3H3. The molecule has 1 aromatic heterocycles. The molecule has 5 heteroatoms. The molecule has 14 heavy (non-hydrogen) atoms. The minimum absolute atomic E-state index is 0.153. The van der Waals surface area contributed by atoms with Gasteiger partial charge in [0.15, 0.2) is 0 Å². The third kappa shape index (κ3) is 2.69. The summed E-state index contributed by atoms with van der Waals surface area (Å²) in [6.07, 6.45) is 1.66. The molecule has 0 aliphatic heterocycles. The highest BCUT2D eigenvalue weighted by Gasteiger charge is 2.09. The molecule has 0 atom stereocenters. The zero-order valence-electron chi connectivity index (χ0n) is 8.52. The van der Waals surface area contributed by atoms with Crippen molar-refractivity contribution in [3.8, 4) is 0 Å². The van der Waals surface area contributed by atoms with Gasteiger partial charge in [-0.15, -0.1) is 0 Å². The summed E-state index contributed by atoms with van der Waals surface area (Å²) in [5.74, 6) is 0.216. The Morgan fingerprint density at radius 3 is 2.93 bits per heavy atom. The Morgan fingerprint density at radius 2 is 2.36 bits per heavy atom. The molecule has 0 unspecified atom stereocenters. The zero-order chi connectivity index (χ0) is 10.6. The number of nitrogens with zero attached hydrogens (tertiary/aromatic N) is 3. The van der Waals surface area contributed by atoms with E-state index in [2.05, 4.69) is 14.7 Å². The normalized spacial score (nSPS) is 9.64. The highest BCUT2D eigenvalue weighted by atomic mass is 16.5. The molecule has 0 bridgehead atoms. The summed E-state index contributed by atoms with van der Waals surface area (Å²) < 4.78 is 4.54. The lowest BCUT2D eigenvalue weighted by Gasteiger charge is -2.14. The fourth-order valence-corrected chi connectivity index (χ4v) is 0.948. The van der Waals surface area contributed by atoms with Gasteiger partial charge in [0.1, 0.15) is 6.54 Å². The van der Waals surface area contributed by atoms with Crippen molar-refractivity contribution in [1.29, 1.82) is 0 Å². The summed E-state index contributed by atoms with van der Waals surface area (Å²) in [6, 6.07) is 1.80.